The Morgan fingerprint density at radius 3 is 1.52 bits per heavy atom. The molecule has 0 radical (unpaired) electrons. The van der Waals surface area contributed by atoms with E-state index in [1.807, 2.05) is 0 Å². The molecule has 2 N–H and O–H groups in total. The van der Waals surface area contributed by atoms with Crippen molar-refractivity contribution in [2.24, 2.45) is 0 Å². The Bertz CT molecular complexity index is 433. The summed E-state index contributed by atoms with van der Waals surface area (Å²) in [6.45, 7) is 3.00. The van der Waals surface area contributed by atoms with Crippen molar-refractivity contribution in [2.45, 2.75) is 110 Å². The van der Waals surface area contributed by atoms with Gasteiger partial charge >= 0.3 is 0 Å². The molecule has 29 heavy (non-hydrogen) atoms. The molecule has 0 aliphatic carbocycles. The molecule has 7 heteroatoms. The summed E-state index contributed by atoms with van der Waals surface area (Å²) in [6.07, 6.45) is 21.4. The molecular formula is C22H47NO4S2. The first-order chi connectivity index (χ1) is 14.0. The Labute approximate surface area is 184 Å². The molecule has 0 aliphatic rings. The van der Waals surface area contributed by atoms with Crippen LogP contribution in [-0.4, -0.2) is 47.9 Å². The van der Waals surface area contributed by atoms with Gasteiger partial charge in [-0.2, -0.15) is 8.42 Å². The fourth-order valence-corrected chi connectivity index (χ4v) is 4.93. The Morgan fingerprint density at radius 1 is 0.690 bits per heavy atom. The van der Waals surface area contributed by atoms with Gasteiger partial charge in [-0.05, 0) is 12.8 Å². The number of nitrogens with one attached hydrogen (secondary N) is 1. The quantitative estimate of drug-likeness (QED) is 0.122. The van der Waals surface area contributed by atoms with E-state index in [1.165, 1.54) is 89.9 Å². The normalized spacial score (nSPS) is 13.1. The molecule has 0 rings (SSSR count). The molecule has 0 aromatic heterocycles. The molecule has 0 aromatic rings. The molecule has 0 amide bonds. The second kappa shape index (κ2) is 21.4. The Balaban J connectivity index is 3.17. The zero-order valence-electron chi connectivity index (χ0n) is 18.8. The zero-order valence-corrected chi connectivity index (χ0v) is 20.5. The number of hydrogen-bond donors (Lipinski definition) is 2. The summed E-state index contributed by atoms with van der Waals surface area (Å²) in [5.74, 6) is 0.987. The van der Waals surface area contributed by atoms with E-state index in [2.05, 4.69) is 12.2 Å². The summed E-state index contributed by atoms with van der Waals surface area (Å²) >= 11 is -0.836. The maximum atomic E-state index is 11.9. The van der Waals surface area contributed by atoms with Crippen LogP contribution in [0, 0.1) is 0 Å². The van der Waals surface area contributed by atoms with E-state index < -0.39 is 21.3 Å². The van der Waals surface area contributed by atoms with E-state index in [4.69, 9.17) is 4.55 Å². The largest absolute Gasteiger partial charge is 0.616 e. The van der Waals surface area contributed by atoms with E-state index in [0.29, 0.717) is 12.3 Å². The first-order valence-electron chi connectivity index (χ1n) is 12.0. The summed E-state index contributed by atoms with van der Waals surface area (Å²) in [5, 5.41) is 2.90. The zero-order chi connectivity index (χ0) is 21.6. The van der Waals surface area contributed by atoms with Gasteiger partial charge in [-0.25, -0.2) is 0 Å². The highest BCUT2D eigenvalue weighted by Gasteiger charge is 2.07. The third-order valence-electron chi connectivity index (χ3n) is 5.27. The van der Waals surface area contributed by atoms with Crippen LogP contribution in [0.25, 0.3) is 0 Å². The van der Waals surface area contributed by atoms with E-state index in [9.17, 15) is 13.0 Å². The van der Waals surface area contributed by atoms with Crippen LogP contribution in [0.15, 0.2) is 0 Å². The molecule has 5 nitrogen and oxygen atoms in total. The molecule has 0 saturated heterocycles. The topological polar surface area (TPSA) is 89.5 Å². The third-order valence-corrected chi connectivity index (χ3v) is 7.39. The number of hydrogen-bond acceptors (Lipinski definition) is 4. The Hall–Kier alpha value is 0.180. The minimum atomic E-state index is -3.90. The molecule has 1 atom stereocenters. The second-order valence-corrected chi connectivity index (χ2v) is 11.5. The lowest BCUT2D eigenvalue weighted by Crippen LogP contribution is -2.28. The average Bonchev–Trinajstić information content (AvgIpc) is 2.66. The minimum absolute atomic E-state index is 0.203. The molecule has 0 fully saturated rings. The molecule has 0 bridgehead atoms. The number of rotatable bonds is 23. The van der Waals surface area contributed by atoms with E-state index in [-0.39, 0.29) is 12.3 Å². The lowest BCUT2D eigenvalue weighted by atomic mass is 10.0. The van der Waals surface area contributed by atoms with Crippen molar-refractivity contribution in [3.8, 4) is 0 Å². The van der Waals surface area contributed by atoms with Gasteiger partial charge in [0.1, 0.15) is 11.5 Å². The molecule has 176 valence electrons. The first kappa shape index (κ1) is 29.2. The molecule has 0 spiro atoms. The van der Waals surface area contributed by atoms with Gasteiger partial charge in [0.25, 0.3) is 10.1 Å². The van der Waals surface area contributed by atoms with Gasteiger partial charge in [-0.3, -0.25) is 4.55 Å². The highest BCUT2D eigenvalue weighted by molar-refractivity contribution is 7.91. The van der Waals surface area contributed by atoms with Crippen molar-refractivity contribution >= 4 is 21.3 Å². The van der Waals surface area contributed by atoms with Crippen LogP contribution < -0.4 is 5.32 Å². The second-order valence-electron chi connectivity index (χ2n) is 8.19. The SMILES string of the molecule is CCCCCCCCCCCCCCCCCC[S+]([O-])CCNCCS(=O)(=O)O. The van der Waals surface area contributed by atoms with Crippen LogP contribution in [-0.2, 0) is 21.3 Å². The maximum Gasteiger partial charge on any atom is 0.266 e. The summed E-state index contributed by atoms with van der Waals surface area (Å²) in [4.78, 5) is 0. The van der Waals surface area contributed by atoms with Gasteiger partial charge in [0.2, 0.25) is 0 Å². The van der Waals surface area contributed by atoms with Crippen molar-refractivity contribution in [3.63, 3.8) is 0 Å². The lowest BCUT2D eigenvalue weighted by molar-refractivity contribution is 0.481. The van der Waals surface area contributed by atoms with Crippen molar-refractivity contribution in [1.29, 1.82) is 0 Å². The maximum absolute atomic E-state index is 11.9. The smallest absolute Gasteiger partial charge is 0.266 e. The van der Waals surface area contributed by atoms with Crippen LogP contribution in [0.5, 0.6) is 0 Å². The van der Waals surface area contributed by atoms with E-state index in [0.717, 1.165) is 18.6 Å². The van der Waals surface area contributed by atoms with Gasteiger partial charge < -0.3 is 9.87 Å². The van der Waals surface area contributed by atoms with Crippen LogP contribution in [0.2, 0.25) is 0 Å². The number of unbranched alkanes of at least 4 members (excludes halogenated alkanes) is 15. The van der Waals surface area contributed by atoms with Gasteiger partial charge in [0, 0.05) is 13.1 Å². The molecule has 1 unspecified atom stereocenters. The fourth-order valence-electron chi connectivity index (χ4n) is 3.43. The van der Waals surface area contributed by atoms with Crippen LogP contribution >= 0.6 is 0 Å². The van der Waals surface area contributed by atoms with Crippen LogP contribution in [0.1, 0.15) is 110 Å². The van der Waals surface area contributed by atoms with Gasteiger partial charge in [-0.15, -0.1) is 0 Å². The van der Waals surface area contributed by atoms with Gasteiger partial charge in [0.05, 0.1) is 5.75 Å². The predicted octanol–water partition coefficient (Wildman–Crippen LogP) is 5.47. The van der Waals surface area contributed by atoms with E-state index in [1.54, 1.807) is 0 Å². The standard InChI is InChI=1S/C22H47NO4S2/c1-2-3-4-5-6-7-8-9-10-11-12-13-14-15-16-17-20-28(24)21-18-23-19-22-29(25,26)27/h23H,2-22H2,1H3,(H,25,26,27). The van der Waals surface area contributed by atoms with Crippen LogP contribution in [0.3, 0.4) is 0 Å². The van der Waals surface area contributed by atoms with Crippen molar-refractivity contribution in [2.75, 3.05) is 30.3 Å². The van der Waals surface area contributed by atoms with Crippen molar-refractivity contribution in [3.05, 3.63) is 0 Å². The summed E-state index contributed by atoms with van der Waals surface area (Å²) in [6, 6.07) is 0. The highest BCUT2D eigenvalue weighted by atomic mass is 32.2. The molecule has 0 heterocycles. The molecule has 0 saturated carbocycles. The average molecular weight is 454 g/mol. The van der Waals surface area contributed by atoms with Crippen LogP contribution in [0.4, 0.5) is 0 Å². The van der Waals surface area contributed by atoms with Gasteiger partial charge in [0.15, 0.2) is 0 Å². The molecule has 0 aromatic carbocycles. The monoisotopic (exact) mass is 453 g/mol. The Morgan fingerprint density at radius 2 is 1.10 bits per heavy atom. The highest BCUT2D eigenvalue weighted by Crippen LogP contribution is 2.13. The minimum Gasteiger partial charge on any atom is -0.616 e. The predicted molar refractivity (Wildman–Crippen MR) is 127 cm³/mol. The lowest BCUT2D eigenvalue weighted by Gasteiger charge is -2.11. The summed E-state index contributed by atoms with van der Waals surface area (Å²) in [5.41, 5.74) is 0. The van der Waals surface area contributed by atoms with Crippen molar-refractivity contribution in [1.82, 2.24) is 5.32 Å². The third kappa shape index (κ3) is 26.1. The Kier molecular flexibility index (Phi) is 21.5. The van der Waals surface area contributed by atoms with E-state index >= 15 is 0 Å². The fraction of sp³-hybridized carbons (Fsp3) is 1.00. The first-order valence-corrected chi connectivity index (χ1v) is 15.1. The molecular weight excluding hydrogens is 406 g/mol. The summed E-state index contributed by atoms with van der Waals surface area (Å²) in [7, 11) is -3.90. The van der Waals surface area contributed by atoms with Gasteiger partial charge in [-0.1, -0.05) is 108 Å². The summed E-state index contributed by atoms with van der Waals surface area (Å²) < 4.78 is 41.6. The molecule has 0 aliphatic heterocycles. The van der Waals surface area contributed by atoms with Crippen molar-refractivity contribution < 1.29 is 17.5 Å².